The maximum Gasteiger partial charge on any atom is 0.258 e. The van der Waals surface area contributed by atoms with Crippen LogP contribution in [0.15, 0.2) is 38.5 Å². The van der Waals surface area contributed by atoms with Crippen molar-refractivity contribution in [2.75, 3.05) is 20.3 Å². The SMILES string of the molecule is COCCN(Cc1nc2ccccc2c(=O)[nH]1)S(=O)(=O)c1c(C)noc1C. The average molecular weight is 392 g/mol. The smallest absolute Gasteiger partial charge is 0.258 e. The number of para-hydroxylation sites is 1. The van der Waals surface area contributed by atoms with Gasteiger partial charge in [0.2, 0.25) is 10.0 Å². The lowest BCUT2D eigenvalue weighted by atomic mass is 10.2. The summed E-state index contributed by atoms with van der Waals surface area (Å²) in [5.74, 6) is 0.444. The lowest BCUT2D eigenvalue weighted by Crippen LogP contribution is -2.35. The zero-order valence-corrected chi connectivity index (χ0v) is 16.0. The Bertz CT molecular complexity index is 1100. The molecule has 0 amide bonds. The maximum absolute atomic E-state index is 13.1. The summed E-state index contributed by atoms with van der Waals surface area (Å²) in [5, 5.41) is 4.16. The van der Waals surface area contributed by atoms with Crippen LogP contribution in [0.4, 0.5) is 0 Å². The number of rotatable bonds is 7. The number of nitrogens with one attached hydrogen (secondary N) is 1. The van der Waals surface area contributed by atoms with E-state index in [-0.39, 0.29) is 47.4 Å². The second kappa shape index (κ2) is 7.59. The molecular formula is C17H20N4O5S. The molecule has 0 bridgehead atoms. The Labute approximate surface area is 156 Å². The van der Waals surface area contributed by atoms with Gasteiger partial charge in [-0.05, 0) is 26.0 Å². The predicted octanol–water partition coefficient (Wildman–Crippen LogP) is 1.37. The number of aromatic nitrogens is 3. The van der Waals surface area contributed by atoms with E-state index in [2.05, 4.69) is 15.1 Å². The van der Waals surface area contributed by atoms with Crippen LogP contribution in [0.25, 0.3) is 10.9 Å². The molecule has 0 fully saturated rings. The van der Waals surface area contributed by atoms with Crippen molar-refractivity contribution in [1.29, 1.82) is 0 Å². The van der Waals surface area contributed by atoms with Gasteiger partial charge in [0.15, 0.2) is 5.76 Å². The third-order valence-electron chi connectivity index (χ3n) is 4.10. The van der Waals surface area contributed by atoms with Crippen molar-refractivity contribution >= 4 is 20.9 Å². The topological polar surface area (TPSA) is 118 Å². The Morgan fingerprint density at radius 2 is 2.00 bits per heavy atom. The van der Waals surface area contributed by atoms with E-state index in [4.69, 9.17) is 9.26 Å². The number of fused-ring (bicyclic) bond motifs is 1. The molecule has 9 nitrogen and oxygen atoms in total. The second-order valence-electron chi connectivity index (χ2n) is 6.01. The lowest BCUT2D eigenvalue weighted by molar-refractivity contribution is 0.176. The molecule has 0 saturated heterocycles. The van der Waals surface area contributed by atoms with E-state index in [1.54, 1.807) is 31.2 Å². The van der Waals surface area contributed by atoms with Crippen molar-refractivity contribution in [3.8, 4) is 0 Å². The Hall–Kier alpha value is -2.56. The van der Waals surface area contributed by atoms with Crippen molar-refractivity contribution in [3.05, 3.63) is 51.9 Å². The highest BCUT2D eigenvalue weighted by Crippen LogP contribution is 2.24. The summed E-state index contributed by atoms with van der Waals surface area (Å²) in [6.45, 7) is 3.25. The first-order valence-corrected chi connectivity index (χ1v) is 9.68. The molecule has 3 aromatic rings. The van der Waals surface area contributed by atoms with E-state index in [9.17, 15) is 13.2 Å². The Morgan fingerprint density at radius 1 is 1.26 bits per heavy atom. The molecule has 0 unspecified atom stereocenters. The summed E-state index contributed by atoms with van der Waals surface area (Å²) in [7, 11) is -2.44. The van der Waals surface area contributed by atoms with Crippen molar-refractivity contribution in [1.82, 2.24) is 19.4 Å². The van der Waals surface area contributed by atoms with Crippen molar-refractivity contribution < 1.29 is 17.7 Å². The number of methoxy groups -OCH3 is 1. The van der Waals surface area contributed by atoms with Crippen LogP contribution < -0.4 is 5.56 Å². The van der Waals surface area contributed by atoms with E-state index in [1.807, 2.05) is 0 Å². The van der Waals surface area contributed by atoms with Gasteiger partial charge < -0.3 is 14.2 Å². The number of aromatic amines is 1. The number of H-pyrrole nitrogens is 1. The molecular weight excluding hydrogens is 372 g/mol. The van der Waals surface area contributed by atoms with Crippen LogP contribution in [0, 0.1) is 13.8 Å². The molecule has 1 N–H and O–H groups in total. The molecule has 0 aliphatic carbocycles. The molecule has 0 aliphatic rings. The minimum Gasteiger partial charge on any atom is -0.383 e. The molecule has 3 rings (SSSR count). The van der Waals surface area contributed by atoms with Gasteiger partial charge in [-0.15, -0.1) is 0 Å². The summed E-state index contributed by atoms with van der Waals surface area (Å²) in [6, 6.07) is 6.87. The Morgan fingerprint density at radius 3 is 2.67 bits per heavy atom. The number of benzene rings is 1. The zero-order chi connectivity index (χ0) is 19.6. The maximum atomic E-state index is 13.1. The van der Waals surface area contributed by atoms with Crippen LogP contribution in [-0.4, -0.2) is 48.1 Å². The zero-order valence-electron chi connectivity index (χ0n) is 15.2. The first-order valence-electron chi connectivity index (χ1n) is 8.24. The van der Waals surface area contributed by atoms with Crippen molar-refractivity contribution in [2.24, 2.45) is 0 Å². The summed E-state index contributed by atoms with van der Waals surface area (Å²) in [4.78, 5) is 19.3. The van der Waals surface area contributed by atoms with Crippen LogP contribution in [-0.2, 0) is 21.3 Å². The fourth-order valence-corrected chi connectivity index (χ4v) is 4.50. The summed E-state index contributed by atoms with van der Waals surface area (Å²) in [5.41, 5.74) is 0.449. The third kappa shape index (κ3) is 3.77. The van der Waals surface area contributed by atoms with Gasteiger partial charge in [0.25, 0.3) is 5.56 Å². The molecule has 2 aromatic heterocycles. The van der Waals surface area contributed by atoms with E-state index < -0.39 is 10.0 Å². The molecule has 0 radical (unpaired) electrons. The van der Waals surface area contributed by atoms with Gasteiger partial charge in [-0.1, -0.05) is 17.3 Å². The Balaban J connectivity index is 2.02. The lowest BCUT2D eigenvalue weighted by Gasteiger charge is -2.21. The molecule has 1 aromatic carbocycles. The number of hydrogen-bond acceptors (Lipinski definition) is 7. The highest BCUT2D eigenvalue weighted by Gasteiger charge is 2.31. The van der Waals surface area contributed by atoms with Crippen LogP contribution in [0.5, 0.6) is 0 Å². The van der Waals surface area contributed by atoms with Gasteiger partial charge in [0.05, 0.1) is 24.1 Å². The number of nitrogens with zero attached hydrogens (tertiary/aromatic N) is 3. The molecule has 0 atom stereocenters. The molecule has 0 saturated carbocycles. The molecule has 0 aliphatic heterocycles. The molecule has 144 valence electrons. The van der Waals surface area contributed by atoms with Crippen LogP contribution in [0.3, 0.4) is 0 Å². The molecule has 10 heteroatoms. The van der Waals surface area contributed by atoms with Crippen LogP contribution in [0.2, 0.25) is 0 Å². The highest BCUT2D eigenvalue weighted by molar-refractivity contribution is 7.89. The van der Waals surface area contributed by atoms with Gasteiger partial charge >= 0.3 is 0 Å². The van der Waals surface area contributed by atoms with Gasteiger partial charge in [0.1, 0.15) is 16.4 Å². The normalized spacial score (nSPS) is 12.1. The number of sulfonamides is 1. The quantitative estimate of drug-likeness (QED) is 0.645. The van der Waals surface area contributed by atoms with Gasteiger partial charge in [-0.25, -0.2) is 13.4 Å². The molecule has 2 heterocycles. The van der Waals surface area contributed by atoms with E-state index >= 15 is 0 Å². The number of aryl methyl sites for hydroxylation is 2. The molecule has 0 spiro atoms. The third-order valence-corrected chi connectivity index (χ3v) is 6.19. The monoisotopic (exact) mass is 392 g/mol. The minimum atomic E-state index is -3.92. The average Bonchev–Trinajstić information content (AvgIpc) is 2.97. The van der Waals surface area contributed by atoms with E-state index in [1.165, 1.54) is 18.3 Å². The highest BCUT2D eigenvalue weighted by atomic mass is 32.2. The minimum absolute atomic E-state index is 0.0155. The summed E-state index contributed by atoms with van der Waals surface area (Å²) in [6.07, 6.45) is 0. The number of ether oxygens (including phenoxy) is 1. The predicted molar refractivity (Wildman–Crippen MR) is 97.8 cm³/mol. The van der Waals surface area contributed by atoms with Gasteiger partial charge in [-0.3, -0.25) is 4.79 Å². The van der Waals surface area contributed by atoms with Gasteiger partial charge in [-0.2, -0.15) is 4.31 Å². The fraction of sp³-hybridized carbons (Fsp3) is 0.353. The van der Waals surface area contributed by atoms with Crippen LogP contribution in [0.1, 0.15) is 17.3 Å². The first-order chi connectivity index (χ1) is 12.8. The fourth-order valence-electron chi connectivity index (χ4n) is 2.83. The standard InChI is InChI=1S/C17H20N4O5S/c1-11-16(12(2)26-20-11)27(23,24)21(8-9-25-3)10-15-18-14-7-5-4-6-13(14)17(22)19-15/h4-7H,8-10H2,1-3H3,(H,18,19,22). The summed E-state index contributed by atoms with van der Waals surface area (Å²) >= 11 is 0. The second-order valence-corrected chi connectivity index (χ2v) is 7.89. The summed E-state index contributed by atoms with van der Waals surface area (Å²) < 4.78 is 37.5. The molecule has 27 heavy (non-hydrogen) atoms. The van der Waals surface area contributed by atoms with E-state index in [0.717, 1.165) is 0 Å². The number of hydrogen-bond donors (Lipinski definition) is 1. The van der Waals surface area contributed by atoms with Crippen LogP contribution >= 0.6 is 0 Å². The van der Waals surface area contributed by atoms with E-state index in [0.29, 0.717) is 10.9 Å². The van der Waals surface area contributed by atoms with Crippen molar-refractivity contribution in [2.45, 2.75) is 25.3 Å². The first kappa shape index (κ1) is 19.2. The Kier molecular flexibility index (Phi) is 5.40. The largest absolute Gasteiger partial charge is 0.383 e. The van der Waals surface area contributed by atoms with Gasteiger partial charge in [0, 0.05) is 13.7 Å². The van der Waals surface area contributed by atoms with Crippen molar-refractivity contribution in [3.63, 3.8) is 0 Å².